The van der Waals surface area contributed by atoms with Crippen LogP contribution in [0, 0.1) is 17.2 Å². The molecular weight excluding hydrogens is 202 g/mol. The van der Waals surface area contributed by atoms with E-state index < -0.39 is 0 Å². The van der Waals surface area contributed by atoms with Crippen molar-refractivity contribution in [3.63, 3.8) is 0 Å². The fourth-order valence-corrected chi connectivity index (χ4v) is 2.25. The van der Waals surface area contributed by atoms with Crippen LogP contribution in [0.3, 0.4) is 0 Å². The van der Waals surface area contributed by atoms with Crippen LogP contribution in [-0.4, -0.2) is 22.7 Å². The van der Waals surface area contributed by atoms with Crippen molar-refractivity contribution < 1.29 is 5.11 Å². The Kier molecular flexibility index (Phi) is 3.37. The van der Waals surface area contributed by atoms with Crippen molar-refractivity contribution in [1.82, 2.24) is 4.98 Å². The largest absolute Gasteiger partial charge is 0.396 e. The van der Waals surface area contributed by atoms with Crippen LogP contribution < -0.4 is 5.32 Å². The van der Waals surface area contributed by atoms with Gasteiger partial charge >= 0.3 is 0 Å². The van der Waals surface area contributed by atoms with Crippen LogP contribution in [0.5, 0.6) is 0 Å². The first-order chi connectivity index (χ1) is 7.85. The minimum atomic E-state index is 0.208. The second-order valence-electron chi connectivity index (χ2n) is 4.16. The molecule has 0 saturated heterocycles. The summed E-state index contributed by atoms with van der Waals surface area (Å²) in [5.41, 5.74) is 1.38. The molecule has 0 aliphatic heterocycles. The van der Waals surface area contributed by atoms with E-state index in [9.17, 15) is 5.11 Å². The molecule has 1 saturated carbocycles. The number of nitrogens with zero attached hydrogens (tertiary/aromatic N) is 2. The van der Waals surface area contributed by atoms with Crippen molar-refractivity contribution in [3.05, 3.63) is 24.0 Å². The third-order valence-electron chi connectivity index (χ3n) is 3.18. The monoisotopic (exact) mass is 217 g/mol. The number of hydrogen-bond acceptors (Lipinski definition) is 4. The van der Waals surface area contributed by atoms with E-state index in [0.29, 0.717) is 11.5 Å². The Morgan fingerprint density at radius 1 is 1.56 bits per heavy atom. The Hall–Kier alpha value is -1.60. The molecular formula is C12H15N3O. The number of aliphatic hydroxyl groups excluding tert-OH is 1. The molecule has 1 fully saturated rings. The zero-order chi connectivity index (χ0) is 11.4. The molecule has 84 valence electrons. The number of aliphatic hydroxyl groups is 1. The van der Waals surface area contributed by atoms with Crippen molar-refractivity contribution in [2.75, 3.05) is 11.9 Å². The molecule has 2 atom stereocenters. The number of aromatic nitrogens is 1. The Bertz CT molecular complexity index is 399. The van der Waals surface area contributed by atoms with Gasteiger partial charge in [0.25, 0.3) is 0 Å². The van der Waals surface area contributed by atoms with Gasteiger partial charge in [0.1, 0.15) is 6.07 Å². The van der Waals surface area contributed by atoms with Crippen LogP contribution in [0.25, 0.3) is 0 Å². The van der Waals surface area contributed by atoms with Crippen LogP contribution in [0.2, 0.25) is 0 Å². The summed E-state index contributed by atoms with van der Waals surface area (Å²) in [6.07, 6.45) is 6.51. The summed E-state index contributed by atoms with van der Waals surface area (Å²) in [5, 5.41) is 21.5. The number of rotatable bonds is 3. The normalized spacial score (nSPS) is 24.0. The van der Waals surface area contributed by atoms with Gasteiger partial charge in [0.15, 0.2) is 0 Å². The van der Waals surface area contributed by atoms with Gasteiger partial charge in [-0.25, -0.2) is 0 Å². The molecule has 16 heavy (non-hydrogen) atoms. The van der Waals surface area contributed by atoms with Gasteiger partial charge in [-0.15, -0.1) is 0 Å². The van der Waals surface area contributed by atoms with Crippen molar-refractivity contribution >= 4 is 5.69 Å². The number of anilines is 1. The summed E-state index contributed by atoms with van der Waals surface area (Å²) in [5.74, 6) is 0.298. The molecule has 0 spiro atoms. The van der Waals surface area contributed by atoms with Crippen LogP contribution in [0.15, 0.2) is 18.5 Å². The molecule has 2 unspecified atom stereocenters. The highest BCUT2D eigenvalue weighted by Gasteiger charge is 2.26. The van der Waals surface area contributed by atoms with Gasteiger partial charge in [0, 0.05) is 24.8 Å². The van der Waals surface area contributed by atoms with Crippen LogP contribution in [0.4, 0.5) is 5.69 Å². The number of hydrogen-bond donors (Lipinski definition) is 2. The minimum Gasteiger partial charge on any atom is -0.396 e. The molecule has 1 aromatic heterocycles. The van der Waals surface area contributed by atoms with Gasteiger partial charge < -0.3 is 10.4 Å². The molecule has 0 amide bonds. The summed E-state index contributed by atoms with van der Waals surface area (Å²) in [6, 6.07) is 4.10. The van der Waals surface area contributed by atoms with Gasteiger partial charge in [0.2, 0.25) is 0 Å². The zero-order valence-electron chi connectivity index (χ0n) is 9.06. The molecule has 0 aromatic carbocycles. The third kappa shape index (κ3) is 2.15. The highest BCUT2D eigenvalue weighted by Crippen LogP contribution is 2.28. The second-order valence-corrected chi connectivity index (χ2v) is 4.16. The van der Waals surface area contributed by atoms with E-state index in [2.05, 4.69) is 16.4 Å². The summed E-state index contributed by atoms with van der Waals surface area (Å²) in [7, 11) is 0. The molecule has 1 heterocycles. The molecule has 1 aliphatic carbocycles. The molecule has 2 rings (SSSR count). The fourth-order valence-electron chi connectivity index (χ4n) is 2.25. The van der Waals surface area contributed by atoms with Crippen molar-refractivity contribution in [2.24, 2.45) is 5.92 Å². The van der Waals surface area contributed by atoms with Crippen molar-refractivity contribution in [3.8, 4) is 6.07 Å². The summed E-state index contributed by atoms with van der Waals surface area (Å²) in [6.45, 7) is 0.208. The van der Waals surface area contributed by atoms with Gasteiger partial charge in [0.05, 0.1) is 17.4 Å². The lowest BCUT2D eigenvalue weighted by Crippen LogP contribution is -2.26. The first-order valence-corrected chi connectivity index (χ1v) is 5.56. The second kappa shape index (κ2) is 4.95. The maximum atomic E-state index is 9.22. The summed E-state index contributed by atoms with van der Waals surface area (Å²) < 4.78 is 0. The highest BCUT2D eigenvalue weighted by molar-refractivity contribution is 5.56. The van der Waals surface area contributed by atoms with Gasteiger partial charge in [-0.2, -0.15) is 5.26 Å². The molecule has 4 heteroatoms. The maximum Gasteiger partial charge on any atom is 0.101 e. The Morgan fingerprint density at radius 3 is 3.19 bits per heavy atom. The molecule has 1 aliphatic rings. The fraction of sp³-hybridized carbons (Fsp3) is 0.500. The lowest BCUT2D eigenvalue weighted by Gasteiger charge is -2.20. The minimum absolute atomic E-state index is 0.208. The van der Waals surface area contributed by atoms with E-state index in [-0.39, 0.29) is 12.6 Å². The van der Waals surface area contributed by atoms with E-state index in [1.54, 1.807) is 18.5 Å². The predicted molar refractivity (Wildman–Crippen MR) is 60.8 cm³/mol. The number of nitrogens with one attached hydrogen (secondary N) is 1. The molecule has 1 aromatic rings. The van der Waals surface area contributed by atoms with Crippen LogP contribution >= 0.6 is 0 Å². The smallest absolute Gasteiger partial charge is 0.101 e. The SMILES string of the molecule is N#Cc1ccncc1NC1CCCC1CO. The number of pyridine rings is 1. The Morgan fingerprint density at radius 2 is 2.44 bits per heavy atom. The summed E-state index contributed by atoms with van der Waals surface area (Å²) >= 11 is 0. The topological polar surface area (TPSA) is 68.9 Å². The van der Waals surface area contributed by atoms with E-state index in [1.807, 2.05) is 0 Å². The predicted octanol–water partition coefficient (Wildman–Crippen LogP) is 1.53. The van der Waals surface area contributed by atoms with E-state index in [0.717, 1.165) is 24.9 Å². The first-order valence-electron chi connectivity index (χ1n) is 5.56. The average Bonchev–Trinajstić information content (AvgIpc) is 2.77. The van der Waals surface area contributed by atoms with E-state index in [1.165, 1.54) is 0 Å². The van der Waals surface area contributed by atoms with E-state index in [4.69, 9.17) is 5.26 Å². The van der Waals surface area contributed by atoms with Crippen LogP contribution in [0.1, 0.15) is 24.8 Å². The Labute approximate surface area is 94.9 Å². The van der Waals surface area contributed by atoms with Gasteiger partial charge in [-0.05, 0) is 18.9 Å². The molecule has 0 radical (unpaired) electrons. The molecule has 4 nitrogen and oxygen atoms in total. The van der Waals surface area contributed by atoms with Gasteiger partial charge in [-0.1, -0.05) is 6.42 Å². The summed E-state index contributed by atoms with van der Waals surface area (Å²) in [4.78, 5) is 4.01. The van der Waals surface area contributed by atoms with E-state index >= 15 is 0 Å². The molecule has 2 N–H and O–H groups in total. The average molecular weight is 217 g/mol. The maximum absolute atomic E-state index is 9.22. The van der Waals surface area contributed by atoms with Crippen molar-refractivity contribution in [2.45, 2.75) is 25.3 Å². The zero-order valence-corrected chi connectivity index (χ0v) is 9.06. The van der Waals surface area contributed by atoms with Crippen molar-refractivity contribution in [1.29, 1.82) is 5.26 Å². The third-order valence-corrected chi connectivity index (χ3v) is 3.18. The lowest BCUT2D eigenvalue weighted by atomic mass is 10.0. The van der Waals surface area contributed by atoms with Gasteiger partial charge in [-0.3, -0.25) is 4.98 Å². The quantitative estimate of drug-likeness (QED) is 0.805. The molecule has 0 bridgehead atoms. The number of nitriles is 1. The van der Waals surface area contributed by atoms with Crippen LogP contribution in [-0.2, 0) is 0 Å². The highest BCUT2D eigenvalue weighted by atomic mass is 16.3. The standard InChI is InChI=1S/C12H15N3O/c13-6-9-4-5-14-7-12(9)15-11-3-1-2-10(11)8-16/h4-5,7,10-11,15-16H,1-3,8H2. The Balaban J connectivity index is 2.12. The first kappa shape index (κ1) is 10.9. The lowest BCUT2D eigenvalue weighted by molar-refractivity contribution is 0.222.